The Morgan fingerprint density at radius 1 is 1.26 bits per heavy atom. The smallest absolute Gasteiger partial charge is 0.0828 e. The lowest BCUT2D eigenvalue weighted by Gasteiger charge is -2.20. The Balaban J connectivity index is 2.20. The van der Waals surface area contributed by atoms with Crippen molar-refractivity contribution in [1.82, 2.24) is 9.78 Å². The maximum atomic E-state index is 4.67. The average Bonchev–Trinajstić information content (AvgIpc) is 2.68. The van der Waals surface area contributed by atoms with Gasteiger partial charge in [0.2, 0.25) is 0 Å². The summed E-state index contributed by atoms with van der Waals surface area (Å²) in [5.41, 5.74) is 4.11. The molecule has 2 unspecified atom stereocenters. The standard InChI is InChI=1S/C16H29N3/c1-10(2)19-13(5)15(12(4)18-19)17-14-9-16(6,7)8-11(14)3/h10-11,14,17H,8-9H2,1-7H3. The molecule has 1 aliphatic rings. The molecule has 0 radical (unpaired) electrons. The number of hydrogen-bond acceptors (Lipinski definition) is 2. The molecule has 1 fully saturated rings. The lowest BCUT2D eigenvalue weighted by Crippen LogP contribution is -2.23. The normalized spacial score (nSPS) is 26.1. The summed E-state index contributed by atoms with van der Waals surface area (Å²) in [5.74, 6) is 0.733. The molecule has 0 bridgehead atoms. The van der Waals surface area contributed by atoms with Gasteiger partial charge in [0.15, 0.2) is 0 Å². The second-order valence-electron chi connectivity index (χ2n) is 7.38. The third-order valence-corrected chi connectivity index (χ3v) is 4.48. The van der Waals surface area contributed by atoms with Crippen molar-refractivity contribution in [3.63, 3.8) is 0 Å². The van der Waals surface area contributed by atoms with Crippen LogP contribution >= 0.6 is 0 Å². The zero-order chi connectivity index (χ0) is 14.4. The van der Waals surface area contributed by atoms with Crippen LogP contribution in [0.25, 0.3) is 0 Å². The minimum Gasteiger partial charge on any atom is -0.379 e. The lowest BCUT2D eigenvalue weighted by molar-refractivity contribution is 0.366. The fourth-order valence-corrected chi connectivity index (χ4v) is 3.65. The quantitative estimate of drug-likeness (QED) is 0.880. The lowest BCUT2D eigenvalue weighted by atomic mass is 9.91. The van der Waals surface area contributed by atoms with Crippen LogP contribution in [0.4, 0.5) is 5.69 Å². The molecule has 108 valence electrons. The van der Waals surface area contributed by atoms with Gasteiger partial charge in [-0.1, -0.05) is 20.8 Å². The summed E-state index contributed by atoms with van der Waals surface area (Å²) in [6, 6.07) is 1.00. The molecule has 1 aromatic heterocycles. The van der Waals surface area contributed by atoms with E-state index in [1.807, 2.05) is 0 Å². The number of rotatable bonds is 3. The highest BCUT2D eigenvalue weighted by atomic mass is 15.3. The molecule has 3 nitrogen and oxygen atoms in total. The summed E-state index contributed by atoms with van der Waals surface area (Å²) in [6.07, 6.45) is 2.56. The fraction of sp³-hybridized carbons (Fsp3) is 0.812. The molecular formula is C16H29N3. The molecule has 1 heterocycles. The Hall–Kier alpha value is -0.990. The Kier molecular flexibility index (Phi) is 3.67. The number of aromatic nitrogens is 2. The maximum Gasteiger partial charge on any atom is 0.0828 e. The predicted octanol–water partition coefficient (Wildman–Crippen LogP) is 4.32. The first-order valence-electron chi connectivity index (χ1n) is 7.53. The minimum atomic E-state index is 0.423. The highest BCUT2D eigenvalue weighted by Crippen LogP contribution is 2.42. The molecule has 1 aliphatic carbocycles. The highest BCUT2D eigenvalue weighted by molar-refractivity contribution is 5.53. The highest BCUT2D eigenvalue weighted by Gasteiger charge is 2.37. The summed E-state index contributed by atoms with van der Waals surface area (Å²) in [6.45, 7) is 15.8. The largest absolute Gasteiger partial charge is 0.379 e. The Morgan fingerprint density at radius 3 is 2.32 bits per heavy atom. The summed E-state index contributed by atoms with van der Waals surface area (Å²) >= 11 is 0. The van der Waals surface area contributed by atoms with Gasteiger partial charge in [-0.25, -0.2) is 0 Å². The Labute approximate surface area is 117 Å². The van der Waals surface area contributed by atoms with Crippen molar-refractivity contribution in [2.45, 2.75) is 73.4 Å². The Morgan fingerprint density at radius 2 is 1.89 bits per heavy atom. The zero-order valence-electron chi connectivity index (χ0n) is 13.5. The maximum absolute atomic E-state index is 4.67. The van der Waals surface area contributed by atoms with Crippen molar-refractivity contribution in [3.05, 3.63) is 11.4 Å². The van der Waals surface area contributed by atoms with Crippen molar-refractivity contribution in [3.8, 4) is 0 Å². The van der Waals surface area contributed by atoms with Crippen LogP contribution in [0.5, 0.6) is 0 Å². The third kappa shape index (κ3) is 2.80. The molecule has 0 spiro atoms. The van der Waals surface area contributed by atoms with Crippen LogP contribution in [-0.4, -0.2) is 15.8 Å². The van der Waals surface area contributed by atoms with Gasteiger partial charge in [-0.3, -0.25) is 4.68 Å². The van der Waals surface area contributed by atoms with Gasteiger partial charge >= 0.3 is 0 Å². The molecule has 0 aliphatic heterocycles. The predicted molar refractivity (Wildman–Crippen MR) is 81.7 cm³/mol. The summed E-state index contributed by atoms with van der Waals surface area (Å²) in [7, 11) is 0. The van der Waals surface area contributed by atoms with E-state index in [-0.39, 0.29) is 0 Å². The molecule has 1 N–H and O–H groups in total. The Bertz CT molecular complexity index is 457. The van der Waals surface area contributed by atoms with E-state index in [4.69, 9.17) is 0 Å². The first-order chi connectivity index (χ1) is 8.71. The van der Waals surface area contributed by atoms with Gasteiger partial charge in [0, 0.05) is 12.1 Å². The van der Waals surface area contributed by atoms with Crippen molar-refractivity contribution in [2.75, 3.05) is 5.32 Å². The number of nitrogens with one attached hydrogen (secondary N) is 1. The zero-order valence-corrected chi connectivity index (χ0v) is 13.5. The van der Waals surface area contributed by atoms with Crippen LogP contribution in [-0.2, 0) is 0 Å². The number of aryl methyl sites for hydroxylation is 1. The molecule has 0 saturated heterocycles. The van der Waals surface area contributed by atoms with Crippen LogP contribution in [0.3, 0.4) is 0 Å². The van der Waals surface area contributed by atoms with E-state index in [0.717, 1.165) is 11.6 Å². The molecular weight excluding hydrogens is 234 g/mol. The van der Waals surface area contributed by atoms with E-state index in [1.165, 1.54) is 24.2 Å². The van der Waals surface area contributed by atoms with Crippen LogP contribution in [0, 0.1) is 25.2 Å². The molecule has 1 aromatic rings. The van der Waals surface area contributed by atoms with Crippen molar-refractivity contribution in [1.29, 1.82) is 0 Å². The summed E-state index contributed by atoms with van der Waals surface area (Å²) < 4.78 is 2.13. The van der Waals surface area contributed by atoms with Gasteiger partial charge in [-0.05, 0) is 51.9 Å². The fourth-order valence-electron chi connectivity index (χ4n) is 3.65. The van der Waals surface area contributed by atoms with Gasteiger partial charge in [-0.2, -0.15) is 5.10 Å². The molecule has 0 aromatic carbocycles. The van der Waals surface area contributed by atoms with Crippen LogP contribution in [0.2, 0.25) is 0 Å². The topological polar surface area (TPSA) is 29.9 Å². The van der Waals surface area contributed by atoms with E-state index < -0.39 is 0 Å². The number of nitrogens with zero attached hydrogens (tertiary/aromatic N) is 2. The molecule has 0 amide bonds. The van der Waals surface area contributed by atoms with Crippen molar-refractivity contribution in [2.24, 2.45) is 11.3 Å². The van der Waals surface area contributed by atoms with Crippen LogP contribution in [0.1, 0.15) is 64.9 Å². The minimum absolute atomic E-state index is 0.423. The van der Waals surface area contributed by atoms with E-state index in [1.54, 1.807) is 0 Å². The first-order valence-corrected chi connectivity index (χ1v) is 7.53. The van der Waals surface area contributed by atoms with E-state index in [0.29, 0.717) is 17.5 Å². The summed E-state index contributed by atoms with van der Waals surface area (Å²) in [4.78, 5) is 0. The number of anilines is 1. The van der Waals surface area contributed by atoms with E-state index in [9.17, 15) is 0 Å². The van der Waals surface area contributed by atoms with E-state index in [2.05, 4.69) is 63.6 Å². The van der Waals surface area contributed by atoms with Gasteiger partial charge < -0.3 is 5.32 Å². The molecule has 1 saturated carbocycles. The molecule has 2 rings (SSSR count). The van der Waals surface area contributed by atoms with Crippen LogP contribution in [0.15, 0.2) is 0 Å². The first kappa shape index (κ1) is 14.4. The second-order valence-corrected chi connectivity index (χ2v) is 7.38. The van der Waals surface area contributed by atoms with E-state index >= 15 is 0 Å². The van der Waals surface area contributed by atoms with Gasteiger partial charge in [-0.15, -0.1) is 0 Å². The van der Waals surface area contributed by atoms with Gasteiger partial charge in [0.05, 0.1) is 17.1 Å². The third-order valence-electron chi connectivity index (χ3n) is 4.48. The monoisotopic (exact) mass is 263 g/mol. The van der Waals surface area contributed by atoms with Crippen molar-refractivity contribution < 1.29 is 0 Å². The summed E-state index contributed by atoms with van der Waals surface area (Å²) in [5, 5.41) is 8.44. The SMILES string of the molecule is Cc1nn(C(C)C)c(C)c1NC1CC(C)(C)CC1C. The molecule has 2 atom stereocenters. The molecule has 19 heavy (non-hydrogen) atoms. The molecule has 3 heteroatoms. The van der Waals surface area contributed by atoms with Crippen molar-refractivity contribution >= 4 is 5.69 Å². The van der Waals surface area contributed by atoms with Gasteiger partial charge in [0.1, 0.15) is 0 Å². The number of hydrogen-bond donors (Lipinski definition) is 1. The van der Waals surface area contributed by atoms with Crippen LogP contribution < -0.4 is 5.32 Å². The average molecular weight is 263 g/mol. The second kappa shape index (κ2) is 4.84. The van der Waals surface area contributed by atoms with Gasteiger partial charge in [0.25, 0.3) is 0 Å².